The molecule has 0 bridgehead atoms. The lowest BCUT2D eigenvalue weighted by atomic mass is 10.1. The van der Waals surface area contributed by atoms with Crippen molar-refractivity contribution in [1.82, 2.24) is 10.6 Å². The zero-order chi connectivity index (χ0) is 16.7. The molecule has 0 aliphatic heterocycles. The molecule has 0 spiro atoms. The molecule has 0 aromatic heterocycles. The van der Waals surface area contributed by atoms with Crippen LogP contribution in [0.4, 0.5) is 8.78 Å². The van der Waals surface area contributed by atoms with E-state index < -0.39 is 23.4 Å². The first kappa shape index (κ1) is 16.6. The number of hydrogen-bond acceptors (Lipinski definition) is 2. The molecule has 120 valence electrons. The van der Waals surface area contributed by atoms with Crippen LogP contribution < -0.4 is 10.6 Å². The second kappa shape index (κ2) is 8.03. The molecule has 2 aromatic carbocycles. The SMILES string of the molecule is O=C(NCCc1ccccc1)C(=O)NCc1ccc(F)cc1F. The van der Waals surface area contributed by atoms with Crippen LogP contribution in [0.1, 0.15) is 11.1 Å². The summed E-state index contributed by atoms with van der Waals surface area (Å²) in [7, 11) is 0. The van der Waals surface area contributed by atoms with Crippen molar-refractivity contribution in [1.29, 1.82) is 0 Å². The van der Waals surface area contributed by atoms with Crippen LogP contribution in [0, 0.1) is 11.6 Å². The van der Waals surface area contributed by atoms with Crippen LogP contribution in [0.2, 0.25) is 0 Å². The minimum atomic E-state index is -0.859. The van der Waals surface area contributed by atoms with Crippen molar-refractivity contribution in [2.24, 2.45) is 0 Å². The molecular formula is C17H16F2N2O2. The molecule has 0 aliphatic rings. The molecule has 2 aromatic rings. The Kier molecular flexibility index (Phi) is 5.80. The van der Waals surface area contributed by atoms with Gasteiger partial charge in [-0.3, -0.25) is 9.59 Å². The van der Waals surface area contributed by atoms with Gasteiger partial charge in [0.2, 0.25) is 0 Å². The van der Waals surface area contributed by atoms with E-state index in [2.05, 4.69) is 10.6 Å². The van der Waals surface area contributed by atoms with Crippen molar-refractivity contribution in [3.63, 3.8) is 0 Å². The zero-order valence-corrected chi connectivity index (χ0v) is 12.3. The normalized spacial score (nSPS) is 10.2. The molecule has 23 heavy (non-hydrogen) atoms. The predicted octanol–water partition coefficient (Wildman–Crippen LogP) is 1.94. The summed E-state index contributed by atoms with van der Waals surface area (Å²) >= 11 is 0. The highest BCUT2D eigenvalue weighted by Gasteiger charge is 2.13. The number of rotatable bonds is 5. The fourth-order valence-electron chi connectivity index (χ4n) is 1.97. The van der Waals surface area contributed by atoms with E-state index in [4.69, 9.17) is 0 Å². The Labute approximate surface area is 132 Å². The summed E-state index contributed by atoms with van der Waals surface area (Å²) < 4.78 is 26.2. The van der Waals surface area contributed by atoms with Crippen LogP contribution in [0.15, 0.2) is 48.5 Å². The molecule has 2 N–H and O–H groups in total. The van der Waals surface area contributed by atoms with Crippen molar-refractivity contribution in [3.8, 4) is 0 Å². The van der Waals surface area contributed by atoms with E-state index in [0.717, 1.165) is 17.7 Å². The van der Waals surface area contributed by atoms with Gasteiger partial charge < -0.3 is 10.6 Å². The van der Waals surface area contributed by atoms with E-state index in [1.165, 1.54) is 6.07 Å². The topological polar surface area (TPSA) is 58.2 Å². The molecule has 0 unspecified atom stereocenters. The fraction of sp³-hybridized carbons (Fsp3) is 0.176. The Morgan fingerprint density at radius 2 is 1.61 bits per heavy atom. The zero-order valence-electron chi connectivity index (χ0n) is 12.3. The second-order valence-electron chi connectivity index (χ2n) is 4.91. The maximum Gasteiger partial charge on any atom is 0.309 e. The molecule has 2 amide bonds. The first-order valence-corrected chi connectivity index (χ1v) is 7.10. The highest BCUT2D eigenvalue weighted by molar-refractivity contribution is 6.35. The molecule has 0 radical (unpaired) electrons. The van der Waals surface area contributed by atoms with E-state index in [0.29, 0.717) is 13.0 Å². The number of benzene rings is 2. The van der Waals surface area contributed by atoms with E-state index in [9.17, 15) is 18.4 Å². The smallest absolute Gasteiger partial charge is 0.309 e. The minimum Gasteiger partial charge on any atom is -0.348 e. The molecule has 0 heterocycles. The van der Waals surface area contributed by atoms with Gasteiger partial charge in [-0.1, -0.05) is 36.4 Å². The Balaban J connectivity index is 1.75. The van der Waals surface area contributed by atoms with Gasteiger partial charge >= 0.3 is 11.8 Å². The van der Waals surface area contributed by atoms with Gasteiger partial charge in [-0.2, -0.15) is 0 Å². The van der Waals surface area contributed by atoms with E-state index in [1.54, 1.807) is 0 Å². The fourth-order valence-corrected chi connectivity index (χ4v) is 1.97. The van der Waals surface area contributed by atoms with Crippen LogP contribution in [-0.2, 0) is 22.6 Å². The highest BCUT2D eigenvalue weighted by atomic mass is 19.1. The van der Waals surface area contributed by atoms with Crippen LogP contribution in [0.5, 0.6) is 0 Å². The number of amides is 2. The van der Waals surface area contributed by atoms with E-state index in [1.807, 2.05) is 30.3 Å². The molecular weight excluding hydrogens is 302 g/mol. The second-order valence-corrected chi connectivity index (χ2v) is 4.91. The summed E-state index contributed by atoms with van der Waals surface area (Å²) in [5.41, 5.74) is 1.15. The van der Waals surface area contributed by atoms with Crippen molar-refractivity contribution < 1.29 is 18.4 Å². The van der Waals surface area contributed by atoms with Crippen molar-refractivity contribution in [2.75, 3.05) is 6.54 Å². The van der Waals surface area contributed by atoms with Gasteiger partial charge in [-0.25, -0.2) is 8.78 Å². The summed E-state index contributed by atoms with van der Waals surface area (Å²) in [5.74, 6) is -3.11. The summed E-state index contributed by atoms with van der Waals surface area (Å²) in [4.78, 5) is 23.2. The summed E-state index contributed by atoms with van der Waals surface area (Å²) in [6, 6.07) is 12.5. The van der Waals surface area contributed by atoms with Crippen LogP contribution in [0.25, 0.3) is 0 Å². The summed E-state index contributed by atoms with van der Waals surface area (Å²) in [6.07, 6.45) is 0.604. The number of carbonyl (C=O) groups is 2. The standard InChI is InChI=1S/C17H16F2N2O2/c18-14-7-6-13(15(19)10-14)11-21-17(23)16(22)20-9-8-12-4-2-1-3-5-12/h1-7,10H,8-9,11H2,(H,20,22)(H,21,23). The minimum absolute atomic E-state index is 0.108. The number of hydrogen-bond donors (Lipinski definition) is 2. The Hall–Kier alpha value is -2.76. The maximum absolute atomic E-state index is 13.4. The molecule has 0 saturated carbocycles. The lowest BCUT2D eigenvalue weighted by Crippen LogP contribution is -2.40. The van der Waals surface area contributed by atoms with Crippen molar-refractivity contribution in [3.05, 3.63) is 71.3 Å². The number of halogens is 2. The van der Waals surface area contributed by atoms with Gasteiger partial charge in [0.25, 0.3) is 0 Å². The summed E-state index contributed by atoms with van der Waals surface area (Å²) in [6.45, 7) is 0.137. The molecule has 0 fully saturated rings. The van der Waals surface area contributed by atoms with Crippen molar-refractivity contribution >= 4 is 11.8 Å². The number of nitrogens with one attached hydrogen (secondary N) is 2. The molecule has 0 atom stereocenters. The van der Waals surface area contributed by atoms with Gasteiger partial charge in [0.15, 0.2) is 0 Å². The quantitative estimate of drug-likeness (QED) is 0.828. The van der Waals surface area contributed by atoms with Crippen LogP contribution >= 0.6 is 0 Å². The van der Waals surface area contributed by atoms with Gasteiger partial charge in [-0.05, 0) is 18.1 Å². The van der Waals surface area contributed by atoms with E-state index in [-0.39, 0.29) is 12.1 Å². The summed E-state index contributed by atoms with van der Waals surface area (Å²) in [5, 5.41) is 4.78. The third-order valence-electron chi connectivity index (χ3n) is 3.20. The Morgan fingerprint density at radius 3 is 2.30 bits per heavy atom. The average Bonchev–Trinajstić information content (AvgIpc) is 2.54. The van der Waals surface area contributed by atoms with Crippen LogP contribution in [0.3, 0.4) is 0 Å². The van der Waals surface area contributed by atoms with Gasteiger partial charge in [0.1, 0.15) is 11.6 Å². The van der Waals surface area contributed by atoms with Gasteiger partial charge in [0, 0.05) is 24.7 Å². The van der Waals surface area contributed by atoms with E-state index >= 15 is 0 Å². The first-order valence-electron chi connectivity index (χ1n) is 7.10. The highest BCUT2D eigenvalue weighted by Crippen LogP contribution is 2.08. The predicted molar refractivity (Wildman–Crippen MR) is 81.4 cm³/mol. The van der Waals surface area contributed by atoms with Crippen molar-refractivity contribution in [2.45, 2.75) is 13.0 Å². The largest absolute Gasteiger partial charge is 0.348 e. The average molecular weight is 318 g/mol. The third-order valence-corrected chi connectivity index (χ3v) is 3.20. The third kappa shape index (κ3) is 5.18. The number of carbonyl (C=O) groups excluding carboxylic acids is 2. The first-order chi connectivity index (χ1) is 11.1. The maximum atomic E-state index is 13.4. The van der Waals surface area contributed by atoms with Gasteiger partial charge in [-0.15, -0.1) is 0 Å². The monoisotopic (exact) mass is 318 g/mol. The molecule has 0 saturated heterocycles. The molecule has 6 heteroatoms. The van der Waals surface area contributed by atoms with Gasteiger partial charge in [0.05, 0.1) is 0 Å². The Bertz CT molecular complexity index is 690. The lowest BCUT2D eigenvalue weighted by molar-refractivity contribution is -0.139. The molecule has 2 rings (SSSR count). The molecule has 4 nitrogen and oxygen atoms in total. The Morgan fingerprint density at radius 1 is 0.913 bits per heavy atom. The molecule has 0 aliphatic carbocycles. The lowest BCUT2D eigenvalue weighted by Gasteiger charge is -2.07. The van der Waals surface area contributed by atoms with Crippen LogP contribution in [-0.4, -0.2) is 18.4 Å².